The Bertz CT molecular complexity index is 1180. The Labute approximate surface area is 192 Å². The van der Waals surface area contributed by atoms with Crippen LogP contribution in [0.5, 0.6) is 0 Å². The number of aromatic amines is 1. The number of aromatic nitrogens is 3. The highest BCUT2D eigenvalue weighted by atomic mass is 32.1. The molecule has 1 amide bonds. The van der Waals surface area contributed by atoms with Gasteiger partial charge in [-0.2, -0.15) is 0 Å². The molecule has 0 radical (unpaired) electrons. The van der Waals surface area contributed by atoms with Crippen LogP contribution in [0.2, 0.25) is 0 Å². The molecule has 0 saturated heterocycles. The summed E-state index contributed by atoms with van der Waals surface area (Å²) in [7, 11) is 0. The van der Waals surface area contributed by atoms with Gasteiger partial charge in [0.15, 0.2) is 5.82 Å². The molecule has 0 unspecified atom stereocenters. The highest BCUT2D eigenvalue weighted by molar-refractivity contribution is 7.18. The van der Waals surface area contributed by atoms with Crippen molar-refractivity contribution in [3.05, 3.63) is 59.4 Å². The third kappa shape index (κ3) is 4.02. The topological polar surface area (TPSA) is 73.9 Å². The maximum atomic E-state index is 13.4. The van der Waals surface area contributed by atoms with Crippen molar-refractivity contribution in [2.24, 2.45) is 0 Å². The lowest BCUT2D eigenvalue weighted by Gasteiger charge is -2.46. The van der Waals surface area contributed by atoms with Gasteiger partial charge in [-0.05, 0) is 63.8 Å². The molecule has 2 atom stereocenters. The Balaban J connectivity index is 1.29. The first-order chi connectivity index (χ1) is 15.6. The van der Waals surface area contributed by atoms with Crippen LogP contribution in [0.15, 0.2) is 48.5 Å². The molecule has 0 spiro atoms. The SMILES string of the molecule is CCN(C(=O)c1nc2ccccc2[nH]1)[C@@]1(C)CCC[C@@H](NCc2nc3ccccc3s2)C1. The summed E-state index contributed by atoms with van der Waals surface area (Å²) in [5.74, 6) is 0.414. The summed E-state index contributed by atoms with van der Waals surface area (Å²) < 4.78 is 1.23. The van der Waals surface area contributed by atoms with Gasteiger partial charge in [0.25, 0.3) is 5.91 Å². The van der Waals surface area contributed by atoms with Gasteiger partial charge in [0, 0.05) is 24.7 Å². The quantitative estimate of drug-likeness (QED) is 0.430. The third-order valence-electron chi connectivity index (χ3n) is 6.64. The Hall–Kier alpha value is -2.77. The number of para-hydroxylation sites is 3. The third-order valence-corrected chi connectivity index (χ3v) is 7.68. The van der Waals surface area contributed by atoms with Crippen molar-refractivity contribution < 1.29 is 4.79 Å². The number of thiazole rings is 1. The summed E-state index contributed by atoms with van der Waals surface area (Å²) >= 11 is 1.75. The van der Waals surface area contributed by atoms with Crippen LogP contribution in [0, 0.1) is 0 Å². The molecule has 2 heterocycles. The summed E-state index contributed by atoms with van der Waals surface area (Å²) in [5.41, 5.74) is 2.59. The van der Waals surface area contributed by atoms with Crippen molar-refractivity contribution >= 4 is 38.5 Å². The number of fused-ring (bicyclic) bond motifs is 2. The number of benzene rings is 2. The predicted molar refractivity (Wildman–Crippen MR) is 130 cm³/mol. The zero-order chi connectivity index (χ0) is 22.1. The molecule has 7 heteroatoms. The van der Waals surface area contributed by atoms with Crippen molar-refractivity contribution in [2.45, 2.75) is 57.7 Å². The van der Waals surface area contributed by atoms with Crippen LogP contribution in [0.3, 0.4) is 0 Å². The second-order valence-electron chi connectivity index (χ2n) is 8.90. The Kier molecular flexibility index (Phi) is 5.69. The minimum absolute atomic E-state index is 0.0157. The van der Waals surface area contributed by atoms with E-state index >= 15 is 0 Å². The Morgan fingerprint density at radius 1 is 1.19 bits per heavy atom. The zero-order valence-corrected chi connectivity index (χ0v) is 19.4. The lowest BCUT2D eigenvalue weighted by molar-refractivity contribution is 0.0359. The molecule has 2 aromatic heterocycles. The molecule has 166 valence electrons. The number of nitrogens with one attached hydrogen (secondary N) is 2. The summed E-state index contributed by atoms with van der Waals surface area (Å²) in [5, 5.41) is 4.83. The Morgan fingerprint density at radius 2 is 1.97 bits per heavy atom. The number of imidazole rings is 1. The number of carbonyl (C=O) groups excluding carboxylic acids is 1. The van der Waals surface area contributed by atoms with Gasteiger partial charge in [-0.25, -0.2) is 9.97 Å². The van der Waals surface area contributed by atoms with Crippen molar-refractivity contribution in [3.63, 3.8) is 0 Å². The number of carbonyl (C=O) groups is 1. The van der Waals surface area contributed by atoms with Crippen LogP contribution in [-0.4, -0.2) is 43.9 Å². The fourth-order valence-corrected chi connectivity index (χ4v) is 5.98. The van der Waals surface area contributed by atoms with E-state index in [0.717, 1.165) is 53.8 Å². The van der Waals surface area contributed by atoms with E-state index in [-0.39, 0.29) is 11.4 Å². The normalized spacial score (nSPS) is 21.2. The molecule has 1 aliphatic carbocycles. The largest absolute Gasteiger partial charge is 0.334 e. The van der Waals surface area contributed by atoms with Crippen LogP contribution < -0.4 is 5.32 Å². The zero-order valence-electron chi connectivity index (χ0n) is 18.6. The predicted octanol–water partition coefficient (Wildman–Crippen LogP) is 5.13. The lowest BCUT2D eigenvalue weighted by atomic mass is 9.79. The van der Waals surface area contributed by atoms with E-state index < -0.39 is 0 Å². The first-order valence-corrected chi connectivity index (χ1v) is 12.2. The van der Waals surface area contributed by atoms with Gasteiger partial charge in [0.1, 0.15) is 5.01 Å². The molecule has 4 aromatic rings. The molecule has 32 heavy (non-hydrogen) atoms. The van der Waals surface area contributed by atoms with Crippen molar-refractivity contribution in [2.75, 3.05) is 6.54 Å². The molecular formula is C25H29N5OS. The van der Waals surface area contributed by atoms with Gasteiger partial charge >= 0.3 is 0 Å². The molecule has 2 aromatic carbocycles. The van der Waals surface area contributed by atoms with E-state index in [2.05, 4.69) is 47.3 Å². The second-order valence-corrected chi connectivity index (χ2v) is 10.0. The van der Waals surface area contributed by atoms with Gasteiger partial charge in [-0.3, -0.25) is 4.79 Å². The van der Waals surface area contributed by atoms with E-state index in [1.165, 1.54) is 4.70 Å². The van der Waals surface area contributed by atoms with E-state index in [1.54, 1.807) is 11.3 Å². The first kappa shape index (κ1) is 21.1. The summed E-state index contributed by atoms with van der Waals surface area (Å²) in [6.45, 7) is 5.72. The fraction of sp³-hybridized carbons (Fsp3) is 0.400. The van der Waals surface area contributed by atoms with Gasteiger partial charge < -0.3 is 15.2 Å². The van der Waals surface area contributed by atoms with Crippen LogP contribution in [-0.2, 0) is 6.54 Å². The lowest BCUT2D eigenvalue weighted by Crippen LogP contribution is -2.55. The number of hydrogen-bond donors (Lipinski definition) is 2. The molecule has 6 nitrogen and oxygen atoms in total. The molecule has 1 saturated carbocycles. The number of hydrogen-bond acceptors (Lipinski definition) is 5. The molecule has 1 aliphatic rings. The number of H-pyrrole nitrogens is 1. The van der Waals surface area contributed by atoms with E-state index in [0.29, 0.717) is 18.4 Å². The number of amides is 1. The van der Waals surface area contributed by atoms with E-state index in [1.807, 2.05) is 35.2 Å². The minimum Gasteiger partial charge on any atom is -0.334 e. The second kappa shape index (κ2) is 8.64. The highest BCUT2D eigenvalue weighted by Crippen LogP contribution is 2.35. The monoisotopic (exact) mass is 447 g/mol. The number of rotatable bonds is 6. The highest BCUT2D eigenvalue weighted by Gasteiger charge is 2.40. The number of nitrogens with zero attached hydrogens (tertiary/aromatic N) is 3. The van der Waals surface area contributed by atoms with Crippen molar-refractivity contribution in [1.29, 1.82) is 0 Å². The maximum Gasteiger partial charge on any atom is 0.290 e. The fourth-order valence-electron chi connectivity index (χ4n) is 5.06. The van der Waals surface area contributed by atoms with Gasteiger partial charge in [-0.15, -0.1) is 11.3 Å². The standard InChI is InChI=1S/C25H29N5OS/c1-3-30(24(31)23-28-18-10-4-5-11-19(18)29-23)25(2)14-8-9-17(15-25)26-16-22-27-20-12-6-7-13-21(20)32-22/h4-7,10-13,17,26H,3,8-9,14-16H2,1-2H3,(H,28,29)/t17-,25+/m1/s1. The molecule has 1 fully saturated rings. The van der Waals surface area contributed by atoms with Crippen LogP contribution >= 0.6 is 11.3 Å². The Morgan fingerprint density at radius 3 is 2.75 bits per heavy atom. The van der Waals surface area contributed by atoms with E-state index in [9.17, 15) is 4.79 Å². The average Bonchev–Trinajstić information content (AvgIpc) is 3.42. The van der Waals surface area contributed by atoms with Crippen molar-refractivity contribution in [1.82, 2.24) is 25.2 Å². The summed E-state index contributed by atoms with van der Waals surface area (Å²) in [6.07, 6.45) is 4.15. The van der Waals surface area contributed by atoms with Gasteiger partial charge in [0.05, 0.1) is 21.3 Å². The molecule has 0 bridgehead atoms. The average molecular weight is 448 g/mol. The van der Waals surface area contributed by atoms with Crippen LogP contribution in [0.4, 0.5) is 0 Å². The van der Waals surface area contributed by atoms with Crippen LogP contribution in [0.1, 0.15) is 55.2 Å². The molecule has 5 rings (SSSR count). The van der Waals surface area contributed by atoms with Crippen molar-refractivity contribution in [3.8, 4) is 0 Å². The molecular weight excluding hydrogens is 418 g/mol. The minimum atomic E-state index is -0.200. The summed E-state index contributed by atoms with van der Waals surface area (Å²) in [4.78, 5) is 28.0. The van der Waals surface area contributed by atoms with Gasteiger partial charge in [0.2, 0.25) is 0 Å². The maximum absolute atomic E-state index is 13.4. The van der Waals surface area contributed by atoms with E-state index in [4.69, 9.17) is 4.98 Å². The smallest absolute Gasteiger partial charge is 0.290 e. The van der Waals surface area contributed by atoms with Gasteiger partial charge in [-0.1, -0.05) is 24.3 Å². The first-order valence-electron chi connectivity index (χ1n) is 11.4. The summed E-state index contributed by atoms with van der Waals surface area (Å²) in [6, 6.07) is 16.4. The molecule has 0 aliphatic heterocycles. The van der Waals surface area contributed by atoms with Crippen LogP contribution in [0.25, 0.3) is 21.3 Å². The molecule has 2 N–H and O–H groups in total.